The van der Waals surface area contributed by atoms with Gasteiger partial charge in [0.2, 0.25) is 0 Å². The zero-order valence-electron chi connectivity index (χ0n) is 26.5. The summed E-state index contributed by atoms with van der Waals surface area (Å²) in [5, 5.41) is 0.528. The summed E-state index contributed by atoms with van der Waals surface area (Å²) in [5.41, 5.74) is 2.50. The van der Waals surface area contributed by atoms with Crippen molar-refractivity contribution in [2.24, 2.45) is 0 Å². The van der Waals surface area contributed by atoms with E-state index in [0.29, 0.717) is 11.1 Å². The number of rotatable bonds is 20. The first-order valence-electron chi connectivity index (χ1n) is 15.4. The van der Waals surface area contributed by atoms with Gasteiger partial charge in [0.1, 0.15) is 11.1 Å². The molecule has 0 saturated heterocycles. The van der Waals surface area contributed by atoms with E-state index in [1.54, 1.807) is 24.3 Å². The Kier molecular flexibility index (Phi) is 17.2. The van der Waals surface area contributed by atoms with Gasteiger partial charge >= 0.3 is 11.9 Å². The van der Waals surface area contributed by atoms with E-state index in [0.717, 1.165) is 24.8 Å². The van der Waals surface area contributed by atoms with Crippen LogP contribution in [0.25, 0.3) is 5.57 Å². The molecule has 2 aromatic rings. The molecule has 0 bridgehead atoms. The van der Waals surface area contributed by atoms with Crippen molar-refractivity contribution >= 4 is 40.7 Å². The fourth-order valence-corrected chi connectivity index (χ4v) is 5.84. The van der Waals surface area contributed by atoms with Gasteiger partial charge in [0.15, 0.2) is 11.5 Å². The number of hydrogen-bond donors (Lipinski definition) is 0. The Bertz CT molecular complexity index is 1130. The van der Waals surface area contributed by atoms with Crippen molar-refractivity contribution < 1.29 is 28.5 Å². The number of carbonyl (C=O) groups excluding carboxylic acids is 2. The second-order valence-electron chi connectivity index (χ2n) is 10.7. The Hall–Kier alpha value is -2.70. The second kappa shape index (κ2) is 20.3. The molecule has 0 radical (unpaired) electrons. The first-order chi connectivity index (χ1) is 20.8. The van der Waals surface area contributed by atoms with Crippen molar-refractivity contribution in [1.82, 2.24) is 0 Å². The Morgan fingerprint density at radius 1 is 0.605 bits per heavy atom. The lowest BCUT2D eigenvalue weighted by Gasteiger charge is -2.17. The van der Waals surface area contributed by atoms with Crippen LogP contribution in [0.5, 0.6) is 11.5 Å². The van der Waals surface area contributed by atoms with E-state index < -0.39 is 11.9 Å². The van der Waals surface area contributed by atoms with Gasteiger partial charge in [-0.2, -0.15) is 0 Å². The predicted octanol–water partition coefficient (Wildman–Crippen LogP) is 10.5. The van der Waals surface area contributed by atoms with Gasteiger partial charge in [-0.25, -0.2) is 9.59 Å². The van der Waals surface area contributed by atoms with Gasteiger partial charge in [0, 0.05) is 0 Å². The Morgan fingerprint density at radius 2 is 0.977 bits per heavy atom. The van der Waals surface area contributed by atoms with Gasteiger partial charge < -0.3 is 18.9 Å². The number of carbonyl (C=O) groups is 2. The summed E-state index contributed by atoms with van der Waals surface area (Å²) in [6.45, 7) is 2.26. The van der Waals surface area contributed by atoms with E-state index in [1.807, 2.05) is 0 Å². The highest BCUT2D eigenvalue weighted by molar-refractivity contribution is 6.33. The zero-order valence-corrected chi connectivity index (χ0v) is 28.0. The molecule has 0 aliphatic rings. The van der Waals surface area contributed by atoms with E-state index >= 15 is 0 Å². The van der Waals surface area contributed by atoms with Crippen molar-refractivity contribution in [3.63, 3.8) is 0 Å². The van der Waals surface area contributed by atoms with Gasteiger partial charge in [-0.15, -0.1) is 0 Å². The van der Waals surface area contributed by atoms with Gasteiger partial charge in [0.05, 0.1) is 38.5 Å². The summed E-state index contributed by atoms with van der Waals surface area (Å²) in [7, 11) is 5.51. The molecule has 43 heavy (non-hydrogen) atoms. The average Bonchev–Trinajstić information content (AvgIpc) is 3.01. The number of benzene rings is 2. The molecule has 0 saturated carbocycles. The molecule has 8 heteroatoms. The molecule has 0 amide bonds. The highest BCUT2D eigenvalue weighted by Gasteiger charge is 2.22. The molecule has 0 atom stereocenters. The quantitative estimate of drug-likeness (QED) is 0.107. The Morgan fingerprint density at radius 3 is 1.33 bits per heavy atom. The molecule has 238 valence electrons. The van der Waals surface area contributed by atoms with Gasteiger partial charge in [-0.3, -0.25) is 0 Å². The third-order valence-corrected chi connectivity index (χ3v) is 8.15. The first kappa shape index (κ1) is 36.5. The van der Waals surface area contributed by atoms with Gasteiger partial charge in [0.25, 0.3) is 0 Å². The lowest BCUT2D eigenvalue weighted by Crippen LogP contribution is -2.07. The van der Waals surface area contributed by atoms with E-state index in [2.05, 4.69) is 13.0 Å². The maximum atomic E-state index is 12.6. The highest BCUT2D eigenvalue weighted by Crippen LogP contribution is 2.39. The van der Waals surface area contributed by atoms with E-state index in [-0.39, 0.29) is 32.7 Å². The lowest BCUT2D eigenvalue weighted by atomic mass is 9.93. The summed E-state index contributed by atoms with van der Waals surface area (Å²) in [6, 6.07) is 6.83. The fraction of sp³-hybridized carbons (Fsp3) is 0.543. The van der Waals surface area contributed by atoms with Crippen molar-refractivity contribution in [3.05, 3.63) is 62.6 Å². The van der Waals surface area contributed by atoms with Crippen LogP contribution in [0.4, 0.5) is 0 Å². The number of methoxy groups -OCH3 is 4. The minimum atomic E-state index is -0.570. The van der Waals surface area contributed by atoms with Crippen molar-refractivity contribution in [3.8, 4) is 11.5 Å². The summed E-state index contributed by atoms with van der Waals surface area (Å²) in [6.07, 6.45) is 19.6. The van der Waals surface area contributed by atoms with E-state index in [4.69, 9.17) is 42.1 Å². The Balaban J connectivity index is 2.20. The topological polar surface area (TPSA) is 71.1 Å². The molecular formula is C35H48Cl2O6. The van der Waals surface area contributed by atoms with Crippen LogP contribution in [0.2, 0.25) is 10.0 Å². The van der Waals surface area contributed by atoms with Crippen LogP contribution < -0.4 is 9.47 Å². The van der Waals surface area contributed by atoms with Gasteiger partial charge in [-0.05, 0) is 53.8 Å². The van der Waals surface area contributed by atoms with E-state index in [9.17, 15) is 9.59 Å². The second-order valence-corrected chi connectivity index (χ2v) is 11.5. The molecule has 0 spiro atoms. The molecule has 0 N–H and O–H groups in total. The van der Waals surface area contributed by atoms with Gasteiger partial charge in [-0.1, -0.05) is 113 Å². The third-order valence-electron chi connectivity index (χ3n) is 7.58. The Labute approximate surface area is 268 Å². The SMILES string of the molecule is CCCCCCCCCCCCCCCC=C(c1cc(Cl)c(OC)c(C(=O)OC)c1)c1cc(Cl)c(OC)c(C(=O)OC)c1. The molecule has 0 heterocycles. The largest absolute Gasteiger partial charge is 0.494 e. The normalized spacial score (nSPS) is 10.8. The predicted molar refractivity (Wildman–Crippen MR) is 176 cm³/mol. The number of unbranched alkanes of at least 4 members (excludes halogenated alkanes) is 13. The highest BCUT2D eigenvalue weighted by atomic mass is 35.5. The molecule has 2 aromatic carbocycles. The minimum absolute atomic E-state index is 0.201. The molecule has 0 aromatic heterocycles. The molecule has 2 rings (SSSR count). The molecule has 0 fully saturated rings. The minimum Gasteiger partial charge on any atom is -0.494 e. The summed E-state index contributed by atoms with van der Waals surface area (Å²) >= 11 is 13.1. The van der Waals surface area contributed by atoms with E-state index in [1.165, 1.54) is 99.1 Å². The number of ether oxygens (including phenoxy) is 4. The fourth-order valence-electron chi connectivity index (χ4n) is 5.25. The van der Waals surface area contributed by atoms with Crippen LogP contribution in [0.1, 0.15) is 129 Å². The average molecular weight is 636 g/mol. The van der Waals surface area contributed by atoms with Crippen molar-refractivity contribution in [1.29, 1.82) is 0 Å². The van der Waals surface area contributed by atoms with Crippen LogP contribution in [0.3, 0.4) is 0 Å². The standard InChI is InChI=1S/C35H48Cl2O6/c1-6-7-8-9-10-11-12-13-14-15-16-17-18-19-20-27(25-21-28(34(38)42-4)32(40-2)30(36)23-25)26-22-29(35(39)43-5)33(41-3)31(37)24-26/h20-24H,6-19H2,1-5H3. The molecule has 0 aliphatic heterocycles. The first-order valence-corrected chi connectivity index (χ1v) is 16.2. The summed E-state index contributed by atoms with van der Waals surface area (Å²) in [5.74, 6) is -0.675. The van der Waals surface area contributed by atoms with Crippen molar-refractivity contribution in [2.45, 2.75) is 96.8 Å². The number of allylic oxidation sites excluding steroid dienone is 1. The number of hydrogen-bond acceptors (Lipinski definition) is 6. The van der Waals surface area contributed by atoms with Crippen LogP contribution in [-0.2, 0) is 9.47 Å². The number of esters is 2. The van der Waals surface area contributed by atoms with Crippen LogP contribution in [-0.4, -0.2) is 40.4 Å². The number of halogens is 2. The molecular weight excluding hydrogens is 587 g/mol. The molecule has 6 nitrogen and oxygen atoms in total. The maximum absolute atomic E-state index is 12.6. The summed E-state index contributed by atoms with van der Waals surface area (Å²) < 4.78 is 20.7. The van der Waals surface area contributed by atoms with Crippen LogP contribution >= 0.6 is 23.2 Å². The van der Waals surface area contributed by atoms with Crippen molar-refractivity contribution in [2.75, 3.05) is 28.4 Å². The molecule has 0 aliphatic carbocycles. The van der Waals surface area contributed by atoms with Crippen LogP contribution in [0.15, 0.2) is 30.3 Å². The summed E-state index contributed by atoms with van der Waals surface area (Å²) in [4.78, 5) is 25.2. The lowest BCUT2D eigenvalue weighted by molar-refractivity contribution is 0.0588. The van der Waals surface area contributed by atoms with Crippen LogP contribution in [0, 0.1) is 0 Å². The maximum Gasteiger partial charge on any atom is 0.341 e. The smallest absolute Gasteiger partial charge is 0.341 e. The molecule has 0 unspecified atom stereocenters. The third kappa shape index (κ3) is 11.4. The zero-order chi connectivity index (χ0) is 31.6. The monoisotopic (exact) mass is 634 g/mol.